The van der Waals surface area contributed by atoms with E-state index in [4.69, 9.17) is 17.3 Å². The third-order valence-electron chi connectivity index (χ3n) is 3.39. The molecule has 0 aromatic heterocycles. The van der Waals surface area contributed by atoms with Crippen molar-refractivity contribution in [1.82, 2.24) is 0 Å². The molecule has 0 saturated heterocycles. The molecule has 3 rings (SSSR count). The molecule has 0 fully saturated rings. The smallest absolute Gasteiger partial charge is 0.0635 e. The summed E-state index contributed by atoms with van der Waals surface area (Å²) in [7, 11) is -1.22. The van der Waals surface area contributed by atoms with E-state index in [1.807, 2.05) is 30.3 Å². The highest BCUT2D eigenvalue weighted by molar-refractivity contribution is 7.84. The van der Waals surface area contributed by atoms with E-state index in [1.165, 1.54) is 0 Å². The Balaban J connectivity index is 1.99. The van der Waals surface area contributed by atoms with E-state index >= 15 is 0 Å². The Hall–Kier alpha value is -1.84. The summed E-state index contributed by atoms with van der Waals surface area (Å²) in [4.78, 5) is 0.593. The zero-order valence-electron chi connectivity index (χ0n) is 11.3. The fourth-order valence-corrected chi connectivity index (χ4v) is 3.86. The van der Waals surface area contributed by atoms with Crippen molar-refractivity contribution in [3.05, 3.63) is 71.2 Å². The van der Waals surface area contributed by atoms with Gasteiger partial charge in [0.25, 0.3) is 0 Å². The minimum absolute atomic E-state index is 0.423. The van der Waals surface area contributed by atoms with Crippen LogP contribution in [0.25, 0.3) is 10.8 Å². The van der Waals surface area contributed by atoms with Crippen molar-refractivity contribution in [2.75, 3.05) is 5.73 Å². The van der Waals surface area contributed by atoms with Crippen molar-refractivity contribution in [3.63, 3.8) is 0 Å². The predicted molar refractivity (Wildman–Crippen MR) is 89.9 cm³/mol. The Morgan fingerprint density at radius 2 is 1.76 bits per heavy atom. The summed E-state index contributed by atoms with van der Waals surface area (Å²) < 4.78 is 12.6. The van der Waals surface area contributed by atoms with Crippen LogP contribution >= 0.6 is 11.6 Å². The van der Waals surface area contributed by atoms with E-state index in [1.54, 1.807) is 18.2 Å². The van der Waals surface area contributed by atoms with Gasteiger partial charge in [0.05, 0.1) is 21.4 Å². The lowest BCUT2D eigenvalue weighted by molar-refractivity contribution is 0.683. The van der Waals surface area contributed by atoms with Crippen LogP contribution in [0.1, 0.15) is 5.56 Å². The van der Waals surface area contributed by atoms with Crippen LogP contribution in [0, 0.1) is 0 Å². The lowest BCUT2D eigenvalue weighted by atomic mass is 10.1. The van der Waals surface area contributed by atoms with Gasteiger partial charge in [0.15, 0.2) is 0 Å². The van der Waals surface area contributed by atoms with Crippen molar-refractivity contribution >= 4 is 38.9 Å². The highest BCUT2D eigenvalue weighted by Crippen LogP contribution is 2.26. The molecular formula is C17H14ClNOS. The summed E-state index contributed by atoms with van der Waals surface area (Å²) >= 11 is 5.97. The molecule has 0 spiro atoms. The van der Waals surface area contributed by atoms with Crippen LogP contribution in [0.15, 0.2) is 65.6 Å². The maximum absolute atomic E-state index is 12.6. The summed E-state index contributed by atoms with van der Waals surface area (Å²) in [5.41, 5.74) is 7.46. The van der Waals surface area contributed by atoms with E-state index in [2.05, 4.69) is 12.1 Å². The van der Waals surface area contributed by atoms with Crippen LogP contribution in [-0.2, 0) is 16.6 Å². The molecule has 0 heterocycles. The molecule has 0 aliphatic carbocycles. The van der Waals surface area contributed by atoms with Crippen molar-refractivity contribution in [2.24, 2.45) is 0 Å². The first kappa shape index (κ1) is 14.1. The van der Waals surface area contributed by atoms with Crippen LogP contribution in [0.2, 0.25) is 5.02 Å². The Morgan fingerprint density at radius 1 is 1.00 bits per heavy atom. The van der Waals surface area contributed by atoms with E-state index in [0.29, 0.717) is 21.4 Å². The molecule has 1 unspecified atom stereocenters. The molecule has 2 N–H and O–H groups in total. The van der Waals surface area contributed by atoms with Gasteiger partial charge in [-0.05, 0) is 34.5 Å². The molecule has 0 aliphatic heterocycles. The second-order valence-corrected chi connectivity index (χ2v) is 6.67. The van der Waals surface area contributed by atoms with Crippen molar-refractivity contribution in [2.45, 2.75) is 10.6 Å². The summed E-state index contributed by atoms with van der Waals surface area (Å²) in [5, 5.41) is 2.81. The minimum atomic E-state index is -1.22. The van der Waals surface area contributed by atoms with E-state index in [9.17, 15) is 4.21 Å². The molecule has 0 aliphatic rings. The molecule has 1 atom stereocenters. The Kier molecular flexibility index (Phi) is 3.95. The SMILES string of the molecule is Nc1ccc(Cl)cc1S(=O)Cc1cccc2ccccc12. The standard InChI is InChI=1S/C17H14ClNOS/c18-14-8-9-16(19)17(10-14)21(20)11-13-6-3-5-12-4-1-2-7-15(12)13/h1-10H,11,19H2. The van der Waals surface area contributed by atoms with Gasteiger partial charge in [-0.1, -0.05) is 54.1 Å². The van der Waals surface area contributed by atoms with Crippen LogP contribution in [-0.4, -0.2) is 4.21 Å². The molecule has 0 saturated carbocycles. The molecule has 0 amide bonds. The van der Waals surface area contributed by atoms with Gasteiger partial charge in [0, 0.05) is 10.7 Å². The Labute approximate surface area is 131 Å². The third-order valence-corrected chi connectivity index (χ3v) is 5.04. The topological polar surface area (TPSA) is 43.1 Å². The number of benzene rings is 3. The Morgan fingerprint density at radius 3 is 2.62 bits per heavy atom. The summed E-state index contributed by atoms with van der Waals surface area (Å²) in [6, 6.07) is 19.2. The van der Waals surface area contributed by atoms with Gasteiger partial charge in [-0.25, -0.2) is 0 Å². The zero-order chi connectivity index (χ0) is 14.8. The van der Waals surface area contributed by atoms with Gasteiger partial charge in [-0.2, -0.15) is 0 Å². The zero-order valence-corrected chi connectivity index (χ0v) is 12.8. The summed E-state index contributed by atoms with van der Waals surface area (Å²) in [6.07, 6.45) is 0. The summed E-state index contributed by atoms with van der Waals surface area (Å²) in [6.45, 7) is 0. The van der Waals surface area contributed by atoms with Gasteiger partial charge in [-0.3, -0.25) is 4.21 Å². The van der Waals surface area contributed by atoms with Crippen LogP contribution < -0.4 is 5.73 Å². The molecule has 0 bridgehead atoms. The number of hydrogen-bond donors (Lipinski definition) is 1. The number of hydrogen-bond acceptors (Lipinski definition) is 2. The second-order valence-electron chi connectivity index (χ2n) is 4.81. The highest BCUT2D eigenvalue weighted by Gasteiger charge is 2.11. The molecule has 3 aromatic rings. The van der Waals surface area contributed by atoms with Crippen LogP contribution in [0.4, 0.5) is 5.69 Å². The number of fused-ring (bicyclic) bond motifs is 1. The minimum Gasteiger partial charge on any atom is -0.398 e. The molecule has 21 heavy (non-hydrogen) atoms. The highest BCUT2D eigenvalue weighted by atomic mass is 35.5. The molecular weight excluding hydrogens is 302 g/mol. The molecule has 3 aromatic carbocycles. The van der Waals surface area contributed by atoms with Crippen molar-refractivity contribution < 1.29 is 4.21 Å². The molecule has 106 valence electrons. The third kappa shape index (κ3) is 2.94. The van der Waals surface area contributed by atoms with Gasteiger partial charge in [-0.15, -0.1) is 0 Å². The van der Waals surface area contributed by atoms with Gasteiger partial charge in [0.2, 0.25) is 0 Å². The quantitative estimate of drug-likeness (QED) is 0.729. The molecule has 0 radical (unpaired) electrons. The lowest BCUT2D eigenvalue weighted by Crippen LogP contribution is -2.01. The number of rotatable bonds is 3. The van der Waals surface area contributed by atoms with E-state index in [-0.39, 0.29) is 0 Å². The first-order chi connectivity index (χ1) is 10.1. The van der Waals surface area contributed by atoms with Gasteiger partial charge in [0.1, 0.15) is 0 Å². The average molecular weight is 316 g/mol. The van der Waals surface area contributed by atoms with Gasteiger partial charge >= 0.3 is 0 Å². The molecule has 4 heteroatoms. The maximum atomic E-state index is 12.6. The number of anilines is 1. The van der Waals surface area contributed by atoms with E-state index < -0.39 is 10.8 Å². The fraction of sp³-hybridized carbons (Fsp3) is 0.0588. The maximum Gasteiger partial charge on any atom is 0.0635 e. The normalized spacial score (nSPS) is 12.4. The van der Waals surface area contributed by atoms with E-state index in [0.717, 1.165) is 16.3 Å². The fourth-order valence-electron chi connectivity index (χ4n) is 2.34. The number of nitrogen functional groups attached to an aromatic ring is 1. The van der Waals surface area contributed by atoms with Crippen LogP contribution in [0.3, 0.4) is 0 Å². The first-order valence-corrected chi connectivity index (χ1v) is 8.25. The number of nitrogens with two attached hydrogens (primary N) is 1. The lowest BCUT2D eigenvalue weighted by Gasteiger charge is -2.09. The monoisotopic (exact) mass is 315 g/mol. The van der Waals surface area contributed by atoms with Crippen molar-refractivity contribution in [1.29, 1.82) is 0 Å². The summed E-state index contributed by atoms with van der Waals surface area (Å²) in [5.74, 6) is 0.423. The Bertz CT molecular complexity index is 827. The van der Waals surface area contributed by atoms with Crippen molar-refractivity contribution in [3.8, 4) is 0 Å². The average Bonchev–Trinajstić information content (AvgIpc) is 2.50. The number of halogens is 1. The first-order valence-electron chi connectivity index (χ1n) is 6.55. The largest absolute Gasteiger partial charge is 0.398 e. The molecule has 2 nitrogen and oxygen atoms in total. The second kappa shape index (κ2) is 5.88. The predicted octanol–water partition coefficient (Wildman–Crippen LogP) is 4.38. The van der Waals surface area contributed by atoms with Crippen LogP contribution in [0.5, 0.6) is 0 Å². The van der Waals surface area contributed by atoms with Gasteiger partial charge < -0.3 is 5.73 Å².